The third kappa shape index (κ3) is 9.48. The molecule has 0 saturated heterocycles. The fraction of sp³-hybridized carbons (Fsp3) is 0.481. The van der Waals surface area contributed by atoms with E-state index in [1.54, 1.807) is 30.5 Å². The molecule has 7 heteroatoms. The minimum Gasteiger partial charge on any atom is -0.346 e. The van der Waals surface area contributed by atoms with Gasteiger partial charge in [-0.25, -0.2) is 0 Å². The van der Waals surface area contributed by atoms with Crippen molar-refractivity contribution in [1.82, 2.24) is 5.32 Å². The molecule has 1 N–H and O–H groups in total. The smallest absolute Gasteiger partial charge is 0.299 e. The van der Waals surface area contributed by atoms with Gasteiger partial charge in [0.05, 0.1) is 17.3 Å². The van der Waals surface area contributed by atoms with E-state index in [1.807, 2.05) is 12.1 Å². The number of rotatable bonds is 10. The van der Waals surface area contributed by atoms with Gasteiger partial charge >= 0.3 is 0 Å². The molecule has 184 valence electrons. The van der Waals surface area contributed by atoms with Crippen molar-refractivity contribution in [3.63, 3.8) is 0 Å². The highest BCUT2D eigenvalue weighted by Crippen LogP contribution is 2.35. The van der Waals surface area contributed by atoms with E-state index < -0.39 is 11.7 Å². The van der Waals surface area contributed by atoms with Crippen LogP contribution in [0, 0.1) is 18.3 Å². The zero-order valence-electron chi connectivity index (χ0n) is 20.9. The number of amides is 2. The average molecular weight is 484 g/mol. The van der Waals surface area contributed by atoms with Gasteiger partial charge in [-0.2, -0.15) is 5.26 Å². The van der Waals surface area contributed by atoms with Crippen LogP contribution in [0.3, 0.4) is 0 Å². The zero-order valence-corrected chi connectivity index (χ0v) is 21.7. The lowest BCUT2D eigenvalue weighted by molar-refractivity contribution is -0.114. The molecule has 2 amide bonds. The minimum atomic E-state index is -0.454. The Morgan fingerprint density at radius 3 is 2.09 bits per heavy atom. The van der Waals surface area contributed by atoms with Gasteiger partial charge in [0.1, 0.15) is 6.54 Å². The molecule has 3 rings (SSSR count). The van der Waals surface area contributed by atoms with Crippen molar-refractivity contribution in [3.8, 4) is 16.5 Å². The molecule has 1 aromatic heterocycles. The number of hydrogen-bond acceptors (Lipinski definition) is 5. The van der Waals surface area contributed by atoms with E-state index in [0.717, 1.165) is 10.4 Å². The largest absolute Gasteiger partial charge is 0.346 e. The predicted molar refractivity (Wildman–Crippen MR) is 140 cm³/mol. The van der Waals surface area contributed by atoms with Crippen LogP contribution in [0.5, 0.6) is 0 Å². The lowest BCUT2D eigenvalue weighted by atomic mass is 10.1. The number of ketones is 1. The van der Waals surface area contributed by atoms with Crippen LogP contribution in [-0.4, -0.2) is 31.7 Å². The van der Waals surface area contributed by atoms with E-state index in [2.05, 4.69) is 38.2 Å². The number of nitriles is 1. The minimum absolute atomic E-state index is 0.101. The number of benzene rings is 1. The van der Waals surface area contributed by atoms with Crippen molar-refractivity contribution in [2.45, 2.75) is 72.1 Å². The van der Waals surface area contributed by atoms with E-state index in [0.29, 0.717) is 17.7 Å². The van der Waals surface area contributed by atoms with Crippen LogP contribution in [-0.2, 0) is 9.59 Å². The molecule has 0 spiro atoms. The van der Waals surface area contributed by atoms with Crippen LogP contribution in [0.2, 0.25) is 0 Å². The molecule has 2 heterocycles. The maximum Gasteiger partial charge on any atom is 0.299 e. The summed E-state index contributed by atoms with van der Waals surface area (Å²) in [6, 6.07) is 11.4. The maximum atomic E-state index is 11.7. The highest BCUT2D eigenvalue weighted by atomic mass is 32.1. The lowest BCUT2D eigenvalue weighted by Crippen LogP contribution is -2.24. The molecule has 2 aromatic rings. The number of nitrogens with one attached hydrogen (secondary N) is 1. The Balaban J connectivity index is 0.000000307. The van der Waals surface area contributed by atoms with E-state index in [9.17, 15) is 14.4 Å². The first-order valence-corrected chi connectivity index (χ1v) is 12.8. The Labute approximate surface area is 208 Å². The van der Waals surface area contributed by atoms with Crippen LogP contribution >= 0.6 is 11.3 Å². The zero-order chi connectivity index (χ0) is 25.3. The Hall–Kier alpha value is -2.98. The second-order valence-electron chi connectivity index (χ2n) is 8.11. The van der Waals surface area contributed by atoms with Gasteiger partial charge in [0.15, 0.2) is 0 Å². The highest BCUT2D eigenvalue weighted by Gasteiger charge is 2.33. The standard InChI is InChI=1S/C14H11NO2S.C10H22.C3H4N2O/c1-8-3-6-12(18-8)9-4-5-10-11(7-9)15(2)14(17)13(10)16;1-3-5-7-9-10-8-6-4-2;4-1-2-5-3-6/h3-7H,1-2H3;3-10H2,1-2H3;3H,2H2,(H,5,6). The van der Waals surface area contributed by atoms with Crippen molar-refractivity contribution in [1.29, 1.82) is 5.26 Å². The third-order valence-electron chi connectivity index (χ3n) is 5.35. The summed E-state index contributed by atoms with van der Waals surface area (Å²) >= 11 is 1.70. The monoisotopic (exact) mass is 483 g/mol. The molecule has 0 bridgehead atoms. The average Bonchev–Trinajstić information content (AvgIpc) is 3.38. The summed E-state index contributed by atoms with van der Waals surface area (Å²) in [5, 5.41) is 9.88. The maximum absolute atomic E-state index is 11.7. The molecule has 0 unspecified atom stereocenters. The number of carbonyl (C=O) groups is 3. The molecule has 1 aliphatic rings. The van der Waals surface area contributed by atoms with Gasteiger partial charge in [-0.05, 0) is 36.8 Å². The van der Waals surface area contributed by atoms with Gasteiger partial charge < -0.3 is 10.2 Å². The first-order chi connectivity index (χ1) is 16.4. The van der Waals surface area contributed by atoms with E-state index >= 15 is 0 Å². The Morgan fingerprint density at radius 1 is 1.00 bits per heavy atom. The fourth-order valence-corrected chi connectivity index (χ4v) is 4.28. The van der Waals surface area contributed by atoms with Crippen molar-refractivity contribution >= 4 is 35.1 Å². The number of nitrogens with zero attached hydrogens (tertiary/aromatic N) is 2. The Morgan fingerprint density at radius 2 is 1.62 bits per heavy atom. The molecule has 6 nitrogen and oxygen atoms in total. The molecule has 0 saturated carbocycles. The normalized spacial score (nSPS) is 11.6. The van der Waals surface area contributed by atoms with Crippen LogP contribution < -0.4 is 10.2 Å². The first-order valence-electron chi connectivity index (χ1n) is 12.0. The number of anilines is 1. The van der Waals surface area contributed by atoms with Gasteiger partial charge in [0.2, 0.25) is 6.41 Å². The Kier molecular flexibility index (Phi) is 14.2. The molecule has 0 atom stereocenters. The van der Waals surface area contributed by atoms with Gasteiger partial charge in [-0.15, -0.1) is 11.3 Å². The molecule has 1 aliphatic heterocycles. The summed E-state index contributed by atoms with van der Waals surface area (Å²) in [6.07, 6.45) is 11.9. The second-order valence-corrected chi connectivity index (χ2v) is 9.40. The van der Waals surface area contributed by atoms with Gasteiger partial charge in [0.25, 0.3) is 11.7 Å². The van der Waals surface area contributed by atoms with Crippen molar-refractivity contribution < 1.29 is 14.4 Å². The number of aryl methyl sites for hydroxylation is 1. The van der Waals surface area contributed by atoms with Crippen molar-refractivity contribution in [2.75, 3.05) is 18.5 Å². The van der Waals surface area contributed by atoms with Crippen LogP contribution in [0.15, 0.2) is 30.3 Å². The molecule has 0 aliphatic carbocycles. The quantitative estimate of drug-likeness (QED) is 0.186. The highest BCUT2D eigenvalue weighted by molar-refractivity contribution is 7.15. The van der Waals surface area contributed by atoms with Crippen molar-refractivity contribution in [2.24, 2.45) is 0 Å². The number of hydrogen-bond donors (Lipinski definition) is 1. The van der Waals surface area contributed by atoms with Gasteiger partial charge in [-0.3, -0.25) is 14.4 Å². The first kappa shape index (κ1) is 29.1. The summed E-state index contributed by atoms with van der Waals surface area (Å²) < 4.78 is 0. The number of Topliss-reactive ketones (excluding diaryl/α,β-unsaturated/α-hetero) is 1. The van der Waals surface area contributed by atoms with Gasteiger partial charge in [-0.1, -0.05) is 71.3 Å². The number of carbonyl (C=O) groups excluding carboxylic acids is 3. The molecular weight excluding hydrogens is 446 g/mol. The lowest BCUT2D eigenvalue weighted by Gasteiger charge is -2.09. The predicted octanol–water partition coefficient (Wildman–Crippen LogP) is 6.29. The molecule has 0 fully saturated rings. The van der Waals surface area contributed by atoms with Crippen LogP contribution in [0.25, 0.3) is 10.4 Å². The SMILES string of the molecule is CCCCCCCCCC.Cc1ccc(-c2ccc3c(c2)N(C)C(=O)C3=O)s1.N#CCNC=O. The van der Waals surface area contributed by atoms with E-state index in [4.69, 9.17) is 5.26 Å². The number of fused-ring (bicyclic) bond motifs is 1. The van der Waals surface area contributed by atoms with Gasteiger partial charge in [0, 0.05) is 16.8 Å². The summed E-state index contributed by atoms with van der Waals surface area (Å²) in [4.78, 5) is 36.4. The van der Waals surface area contributed by atoms with E-state index in [-0.39, 0.29) is 6.54 Å². The van der Waals surface area contributed by atoms with Crippen LogP contribution in [0.4, 0.5) is 5.69 Å². The van der Waals surface area contributed by atoms with E-state index in [1.165, 1.54) is 61.1 Å². The molecular formula is C27H37N3O3S. The number of unbranched alkanes of at least 4 members (excludes halogenated alkanes) is 7. The fourth-order valence-electron chi connectivity index (χ4n) is 3.42. The van der Waals surface area contributed by atoms with Crippen LogP contribution in [0.1, 0.15) is 80.4 Å². The number of likely N-dealkylation sites (N-methyl/N-ethyl adjacent to an activating group) is 1. The summed E-state index contributed by atoms with van der Waals surface area (Å²) in [5.41, 5.74) is 2.24. The summed E-state index contributed by atoms with van der Waals surface area (Å²) in [5.74, 6) is -0.870. The second kappa shape index (κ2) is 16.6. The summed E-state index contributed by atoms with van der Waals surface area (Å²) in [7, 11) is 1.63. The molecule has 0 radical (unpaired) electrons. The number of thiophene rings is 1. The van der Waals surface area contributed by atoms with Crippen molar-refractivity contribution in [3.05, 3.63) is 40.8 Å². The molecule has 34 heavy (non-hydrogen) atoms. The summed E-state index contributed by atoms with van der Waals surface area (Å²) in [6.45, 7) is 6.70. The molecule has 1 aromatic carbocycles. The topological polar surface area (TPSA) is 90.3 Å². The third-order valence-corrected chi connectivity index (χ3v) is 6.40. The Bertz CT molecular complexity index is 954.